The van der Waals surface area contributed by atoms with Crippen LogP contribution < -0.4 is 5.73 Å². The lowest BCUT2D eigenvalue weighted by atomic mass is 9.69. The Morgan fingerprint density at radius 1 is 1.35 bits per heavy atom. The molecule has 6 heteroatoms. The molecule has 0 bridgehead atoms. The molecule has 3 rings (SSSR count). The van der Waals surface area contributed by atoms with Crippen LogP contribution in [0.4, 0.5) is 9.18 Å². The van der Waals surface area contributed by atoms with Crippen molar-refractivity contribution in [1.82, 2.24) is 4.90 Å². The van der Waals surface area contributed by atoms with Gasteiger partial charge in [0.2, 0.25) is 0 Å². The summed E-state index contributed by atoms with van der Waals surface area (Å²) in [5.41, 5.74) is 5.53. The zero-order valence-electron chi connectivity index (χ0n) is 15.2. The van der Waals surface area contributed by atoms with Gasteiger partial charge in [-0.3, -0.25) is 4.90 Å². The molecule has 1 unspecified atom stereocenters. The van der Waals surface area contributed by atoms with Gasteiger partial charge < -0.3 is 10.5 Å². The second kappa shape index (κ2) is 7.63. The Bertz CT molecular complexity index is 677. The highest BCUT2D eigenvalue weighted by Crippen LogP contribution is 2.41. The monoisotopic (exact) mass is 359 g/mol. The van der Waals surface area contributed by atoms with E-state index in [-0.39, 0.29) is 11.9 Å². The molecular formula is C20H26FN3O2. The van der Waals surface area contributed by atoms with Crippen molar-refractivity contribution in [3.05, 3.63) is 35.6 Å². The molecule has 2 N–H and O–H groups in total. The molecule has 2 atom stereocenters. The third kappa shape index (κ3) is 3.83. The number of nitrogens with two attached hydrogens (primary N) is 1. The fourth-order valence-corrected chi connectivity index (χ4v) is 4.50. The highest BCUT2D eigenvalue weighted by molar-refractivity contribution is 5.64. The molecule has 0 radical (unpaired) electrons. The van der Waals surface area contributed by atoms with Crippen molar-refractivity contribution in [3.8, 4) is 6.07 Å². The average molecular weight is 359 g/mol. The number of likely N-dealkylation sites (tertiary alicyclic amines) is 1. The van der Waals surface area contributed by atoms with Crippen LogP contribution in [0.1, 0.15) is 44.6 Å². The van der Waals surface area contributed by atoms with E-state index in [4.69, 9.17) is 10.5 Å². The van der Waals surface area contributed by atoms with Crippen LogP contribution in [-0.4, -0.2) is 36.2 Å². The number of carbonyl (C=O) groups excluding carboxylic acids is 1. The minimum absolute atomic E-state index is 0.168. The molecule has 1 heterocycles. The molecule has 1 saturated carbocycles. The molecule has 2 aliphatic rings. The van der Waals surface area contributed by atoms with E-state index in [9.17, 15) is 14.4 Å². The van der Waals surface area contributed by atoms with Gasteiger partial charge in [0.25, 0.3) is 0 Å². The highest BCUT2D eigenvalue weighted by Gasteiger charge is 2.40. The third-order valence-electron chi connectivity index (χ3n) is 6.16. The van der Waals surface area contributed by atoms with Gasteiger partial charge in [-0.15, -0.1) is 0 Å². The molecule has 140 valence electrons. The van der Waals surface area contributed by atoms with Gasteiger partial charge in [0, 0.05) is 18.5 Å². The summed E-state index contributed by atoms with van der Waals surface area (Å²) >= 11 is 0. The number of rotatable bonds is 4. The molecule has 1 aliphatic carbocycles. The third-order valence-corrected chi connectivity index (χ3v) is 6.16. The van der Waals surface area contributed by atoms with Gasteiger partial charge in [-0.2, -0.15) is 5.26 Å². The fourth-order valence-electron chi connectivity index (χ4n) is 4.50. The van der Waals surface area contributed by atoms with E-state index in [1.807, 2.05) is 6.92 Å². The van der Waals surface area contributed by atoms with E-state index in [2.05, 4.69) is 11.0 Å². The lowest BCUT2D eigenvalue weighted by Gasteiger charge is -2.39. The van der Waals surface area contributed by atoms with Crippen LogP contribution in [0.3, 0.4) is 0 Å². The Morgan fingerprint density at radius 3 is 2.58 bits per heavy atom. The standard InChI is InChI=1S/C20H26FN3O2/c1-14(26-19(23)25)15-8-11-24(12-15)18-6-9-20(13-22,10-7-18)16-2-4-17(21)5-3-16/h2-5,14-15,18H,6-12H2,1H3,(H2,23,25)/t14?,15-,18?,20?/m1/s1. The predicted octanol–water partition coefficient (Wildman–Crippen LogP) is 3.34. The molecule has 2 fully saturated rings. The van der Waals surface area contributed by atoms with Gasteiger partial charge >= 0.3 is 6.09 Å². The number of nitriles is 1. The summed E-state index contributed by atoms with van der Waals surface area (Å²) in [6, 6.07) is 9.31. The number of hydrogen-bond acceptors (Lipinski definition) is 4. The lowest BCUT2D eigenvalue weighted by Crippen LogP contribution is -2.41. The Kier molecular flexibility index (Phi) is 5.47. The molecule has 0 aromatic heterocycles. The van der Waals surface area contributed by atoms with Crippen molar-refractivity contribution in [2.75, 3.05) is 13.1 Å². The maximum atomic E-state index is 13.2. The average Bonchev–Trinajstić information content (AvgIpc) is 3.12. The maximum Gasteiger partial charge on any atom is 0.404 e. The van der Waals surface area contributed by atoms with Crippen molar-refractivity contribution < 1.29 is 13.9 Å². The maximum absolute atomic E-state index is 13.2. The molecule has 1 aromatic rings. The lowest BCUT2D eigenvalue weighted by molar-refractivity contribution is 0.0767. The minimum atomic E-state index is -0.716. The van der Waals surface area contributed by atoms with Crippen LogP contribution in [0.25, 0.3) is 0 Å². The summed E-state index contributed by atoms with van der Waals surface area (Å²) in [4.78, 5) is 13.4. The molecule has 0 spiro atoms. The Morgan fingerprint density at radius 2 is 2.00 bits per heavy atom. The van der Waals surface area contributed by atoms with Gasteiger partial charge in [-0.1, -0.05) is 12.1 Å². The minimum Gasteiger partial charge on any atom is -0.446 e. The van der Waals surface area contributed by atoms with Gasteiger partial charge in [0.15, 0.2) is 0 Å². The Labute approximate surface area is 153 Å². The van der Waals surface area contributed by atoms with Gasteiger partial charge in [0.1, 0.15) is 11.9 Å². The smallest absolute Gasteiger partial charge is 0.404 e. The molecule has 1 aromatic carbocycles. The van der Waals surface area contributed by atoms with Crippen LogP contribution in [0.5, 0.6) is 0 Å². The Balaban J connectivity index is 1.59. The van der Waals surface area contributed by atoms with Crippen LogP contribution in [0, 0.1) is 23.1 Å². The summed E-state index contributed by atoms with van der Waals surface area (Å²) in [7, 11) is 0. The molecule has 1 amide bonds. The zero-order valence-corrected chi connectivity index (χ0v) is 15.2. The van der Waals surface area contributed by atoms with E-state index >= 15 is 0 Å². The van der Waals surface area contributed by atoms with Crippen molar-refractivity contribution >= 4 is 6.09 Å². The largest absolute Gasteiger partial charge is 0.446 e. The molecular weight excluding hydrogens is 333 g/mol. The number of carbonyl (C=O) groups is 1. The van der Waals surface area contributed by atoms with E-state index < -0.39 is 11.5 Å². The van der Waals surface area contributed by atoms with Crippen molar-refractivity contribution in [3.63, 3.8) is 0 Å². The topological polar surface area (TPSA) is 79.3 Å². The molecule has 1 saturated heterocycles. The van der Waals surface area contributed by atoms with Crippen LogP contribution in [0.2, 0.25) is 0 Å². The number of benzene rings is 1. The quantitative estimate of drug-likeness (QED) is 0.894. The zero-order chi connectivity index (χ0) is 18.7. The van der Waals surface area contributed by atoms with E-state index in [1.165, 1.54) is 12.1 Å². The normalized spacial score (nSPS) is 30.5. The van der Waals surface area contributed by atoms with Crippen LogP contribution in [-0.2, 0) is 10.2 Å². The summed E-state index contributed by atoms with van der Waals surface area (Å²) in [5, 5.41) is 9.80. The van der Waals surface area contributed by atoms with Crippen molar-refractivity contribution in [1.29, 1.82) is 5.26 Å². The van der Waals surface area contributed by atoms with Crippen LogP contribution >= 0.6 is 0 Å². The van der Waals surface area contributed by atoms with E-state index in [0.717, 1.165) is 50.8 Å². The van der Waals surface area contributed by atoms with Gasteiger partial charge in [0.05, 0.1) is 11.5 Å². The number of hydrogen-bond donors (Lipinski definition) is 1. The summed E-state index contributed by atoms with van der Waals surface area (Å²) in [6.07, 6.45) is 3.57. The number of primary amides is 1. The first-order chi connectivity index (χ1) is 12.4. The first kappa shape index (κ1) is 18.7. The second-order valence-corrected chi connectivity index (χ2v) is 7.62. The SMILES string of the molecule is CC(OC(N)=O)[C@@H]1CCN(C2CCC(C#N)(c3ccc(F)cc3)CC2)C1. The van der Waals surface area contributed by atoms with Gasteiger partial charge in [-0.05, 0) is 63.3 Å². The first-order valence-corrected chi connectivity index (χ1v) is 9.31. The van der Waals surface area contributed by atoms with Crippen LogP contribution in [0.15, 0.2) is 24.3 Å². The number of nitrogens with zero attached hydrogens (tertiary/aromatic N) is 2. The predicted molar refractivity (Wildman–Crippen MR) is 95.8 cm³/mol. The van der Waals surface area contributed by atoms with Crippen molar-refractivity contribution in [2.45, 2.75) is 56.6 Å². The van der Waals surface area contributed by atoms with Gasteiger partial charge in [-0.25, -0.2) is 9.18 Å². The summed E-state index contributed by atoms with van der Waals surface area (Å²) in [5.74, 6) is 0.0354. The fraction of sp³-hybridized carbons (Fsp3) is 0.600. The van der Waals surface area contributed by atoms with E-state index in [1.54, 1.807) is 12.1 Å². The Hall–Kier alpha value is -2.13. The van der Waals surface area contributed by atoms with E-state index in [0.29, 0.717) is 12.0 Å². The number of ether oxygens (including phenoxy) is 1. The van der Waals surface area contributed by atoms with Crippen molar-refractivity contribution in [2.24, 2.45) is 11.7 Å². The molecule has 26 heavy (non-hydrogen) atoms. The summed E-state index contributed by atoms with van der Waals surface area (Å²) < 4.78 is 18.3. The first-order valence-electron chi connectivity index (χ1n) is 9.31. The molecule has 5 nitrogen and oxygen atoms in total. The number of halogens is 1. The molecule has 1 aliphatic heterocycles. The highest BCUT2D eigenvalue weighted by atomic mass is 19.1. The summed E-state index contributed by atoms with van der Waals surface area (Å²) in [6.45, 7) is 3.78. The second-order valence-electron chi connectivity index (χ2n) is 7.62. The number of amides is 1.